The fourth-order valence-electron chi connectivity index (χ4n) is 2.18. The van der Waals surface area contributed by atoms with Gasteiger partial charge in [-0.3, -0.25) is 9.59 Å². The Hall–Kier alpha value is -1.85. The third-order valence-electron chi connectivity index (χ3n) is 3.24. The Morgan fingerprint density at radius 1 is 1.58 bits per heavy atom. The summed E-state index contributed by atoms with van der Waals surface area (Å²) in [5, 5.41) is 6.50. The lowest BCUT2D eigenvalue weighted by molar-refractivity contribution is -0.132. The van der Waals surface area contributed by atoms with Gasteiger partial charge < -0.3 is 14.7 Å². The Labute approximate surface area is 112 Å². The van der Waals surface area contributed by atoms with Crippen LogP contribution in [0.4, 0.5) is 0 Å². The maximum absolute atomic E-state index is 12.0. The molecule has 0 spiro atoms. The Kier molecular flexibility index (Phi) is 3.59. The molecular formula is C13H19N3O3. The van der Waals surface area contributed by atoms with Gasteiger partial charge in [0.05, 0.1) is 12.5 Å². The predicted molar refractivity (Wildman–Crippen MR) is 67.9 cm³/mol. The molecule has 0 bridgehead atoms. The molecular weight excluding hydrogens is 246 g/mol. The molecule has 1 N–H and O–H groups in total. The summed E-state index contributed by atoms with van der Waals surface area (Å²) in [4.78, 5) is 25.7. The van der Waals surface area contributed by atoms with Crippen molar-refractivity contribution >= 4 is 11.8 Å². The SMILES string of the molecule is CC(C)(C)N1C[C@H](C(=O)NCc2ccon2)CC1=O. The average molecular weight is 265 g/mol. The van der Waals surface area contributed by atoms with Crippen molar-refractivity contribution in [2.24, 2.45) is 5.92 Å². The summed E-state index contributed by atoms with van der Waals surface area (Å²) in [6.07, 6.45) is 1.74. The first kappa shape index (κ1) is 13.6. The van der Waals surface area contributed by atoms with Crippen LogP contribution in [0.3, 0.4) is 0 Å². The maximum Gasteiger partial charge on any atom is 0.225 e. The zero-order valence-corrected chi connectivity index (χ0v) is 11.5. The second kappa shape index (κ2) is 5.03. The summed E-state index contributed by atoms with van der Waals surface area (Å²) < 4.78 is 4.69. The van der Waals surface area contributed by atoms with Crippen LogP contribution < -0.4 is 5.32 Å². The van der Waals surface area contributed by atoms with E-state index in [9.17, 15) is 9.59 Å². The molecule has 19 heavy (non-hydrogen) atoms. The minimum Gasteiger partial charge on any atom is -0.364 e. The van der Waals surface area contributed by atoms with Gasteiger partial charge in [-0.15, -0.1) is 0 Å². The van der Waals surface area contributed by atoms with Crippen LogP contribution in [0, 0.1) is 5.92 Å². The standard InChI is InChI=1S/C13H19N3O3/c1-13(2,3)16-8-9(6-11(16)17)12(18)14-7-10-4-5-19-15-10/h4-5,9H,6-8H2,1-3H3,(H,14,18)/t9-/m1/s1. The lowest BCUT2D eigenvalue weighted by atomic mass is 10.1. The molecule has 0 aliphatic carbocycles. The van der Waals surface area contributed by atoms with Crippen LogP contribution in [0.15, 0.2) is 16.9 Å². The van der Waals surface area contributed by atoms with Crippen molar-refractivity contribution in [1.29, 1.82) is 0 Å². The zero-order valence-electron chi connectivity index (χ0n) is 11.5. The summed E-state index contributed by atoms with van der Waals surface area (Å²) in [7, 11) is 0. The first-order chi connectivity index (χ1) is 8.88. The van der Waals surface area contributed by atoms with E-state index in [1.165, 1.54) is 6.26 Å². The molecule has 1 saturated heterocycles. The normalized spacial score (nSPS) is 19.8. The van der Waals surface area contributed by atoms with Crippen LogP contribution >= 0.6 is 0 Å². The minimum absolute atomic E-state index is 0.0362. The highest BCUT2D eigenvalue weighted by Gasteiger charge is 2.39. The molecule has 0 unspecified atom stereocenters. The quantitative estimate of drug-likeness (QED) is 0.882. The van der Waals surface area contributed by atoms with Crippen molar-refractivity contribution < 1.29 is 14.1 Å². The van der Waals surface area contributed by atoms with Gasteiger partial charge in [0.25, 0.3) is 0 Å². The highest BCUT2D eigenvalue weighted by atomic mass is 16.5. The fourth-order valence-corrected chi connectivity index (χ4v) is 2.18. The van der Waals surface area contributed by atoms with E-state index < -0.39 is 0 Å². The molecule has 1 aliphatic rings. The Bertz CT molecular complexity index is 462. The number of likely N-dealkylation sites (tertiary alicyclic amines) is 1. The minimum atomic E-state index is -0.279. The first-order valence-electron chi connectivity index (χ1n) is 6.35. The molecule has 1 atom stereocenters. The summed E-state index contributed by atoms with van der Waals surface area (Å²) in [6.45, 7) is 6.73. The van der Waals surface area contributed by atoms with Crippen molar-refractivity contribution in [3.63, 3.8) is 0 Å². The van der Waals surface area contributed by atoms with E-state index in [2.05, 4.69) is 15.0 Å². The van der Waals surface area contributed by atoms with Crippen molar-refractivity contribution in [2.75, 3.05) is 6.54 Å². The van der Waals surface area contributed by atoms with Crippen LogP contribution in [0.1, 0.15) is 32.9 Å². The topological polar surface area (TPSA) is 75.4 Å². The van der Waals surface area contributed by atoms with Gasteiger partial charge in [0, 0.05) is 24.6 Å². The number of nitrogens with one attached hydrogen (secondary N) is 1. The summed E-state index contributed by atoms with van der Waals surface area (Å²) in [6, 6.07) is 1.70. The van der Waals surface area contributed by atoms with E-state index in [0.29, 0.717) is 18.8 Å². The van der Waals surface area contributed by atoms with Crippen LogP contribution in [0.5, 0.6) is 0 Å². The van der Waals surface area contributed by atoms with Gasteiger partial charge in [0.1, 0.15) is 12.0 Å². The number of aromatic nitrogens is 1. The van der Waals surface area contributed by atoms with Crippen LogP contribution in [0.2, 0.25) is 0 Å². The van der Waals surface area contributed by atoms with E-state index >= 15 is 0 Å². The number of hydrogen-bond acceptors (Lipinski definition) is 4. The molecule has 0 radical (unpaired) electrons. The van der Waals surface area contributed by atoms with Gasteiger partial charge in [0.2, 0.25) is 11.8 Å². The van der Waals surface area contributed by atoms with Gasteiger partial charge >= 0.3 is 0 Å². The smallest absolute Gasteiger partial charge is 0.225 e. The predicted octanol–water partition coefficient (Wildman–Crippen LogP) is 0.938. The van der Waals surface area contributed by atoms with Crippen molar-refractivity contribution in [2.45, 2.75) is 39.3 Å². The first-order valence-corrected chi connectivity index (χ1v) is 6.35. The van der Waals surface area contributed by atoms with E-state index in [4.69, 9.17) is 0 Å². The lowest BCUT2D eigenvalue weighted by Crippen LogP contribution is -2.43. The molecule has 1 fully saturated rings. The highest BCUT2D eigenvalue weighted by Crippen LogP contribution is 2.25. The van der Waals surface area contributed by atoms with Crippen molar-refractivity contribution in [1.82, 2.24) is 15.4 Å². The summed E-state index contributed by atoms with van der Waals surface area (Å²) in [5.74, 6) is -0.351. The number of nitrogens with zero attached hydrogens (tertiary/aromatic N) is 2. The number of rotatable bonds is 3. The third kappa shape index (κ3) is 3.13. The number of hydrogen-bond donors (Lipinski definition) is 1. The molecule has 6 nitrogen and oxygen atoms in total. The fraction of sp³-hybridized carbons (Fsp3) is 0.615. The Morgan fingerprint density at radius 2 is 2.32 bits per heavy atom. The third-order valence-corrected chi connectivity index (χ3v) is 3.24. The molecule has 6 heteroatoms. The highest BCUT2D eigenvalue weighted by molar-refractivity contribution is 5.89. The molecule has 2 amide bonds. The monoisotopic (exact) mass is 265 g/mol. The summed E-state index contributed by atoms with van der Waals surface area (Å²) in [5.41, 5.74) is 0.434. The molecule has 104 valence electrons. The average Bonchev–Trinajstić information content (AvgIpc) is 2.93. The van der Waals surface area contributed by atoms with Crippen molar-refractivity contribution in [3.05, 3.63) is 18.0 Å². The number of carbonyl (C=O) groups is 2. The van der Waals surface area contributed by atoms with Crippen LogP contribution in [-0.4, -0.2) is 34.0 Å². The molecule has 1 aliphatic heterocycles. The molecule has 2 heterocycles. The largest absolute Gasteiger partial charge is 0.364 e. The van der Waals surface area contributed by atoms with Crippen LogP contribution in [0.25, 0.3) is 0 Å². The van der Waals surface area contributed by atoms with E-state index in [-0.39, 0.29) is 29.7 Å². The Balaban J connectivity index is 1.89. The van der Waals surface area contributed by atoms with Gasteiger partial charge in [-0.05, 0) is 20.8 Å². The molecule has 2 rings (SSSR count). The van der Waals surface area contributed by atoms with Gasteiger partial charge in [-0.2, -0.15) is 0 Å². The van der Waals surface area contributed by atoms with E-state index in [1.807, 2.05) is 20.8 Å². The summed E-state index contributed by atoms with van der Waals surface area (Å²) >= 11 is 0. The Morgan fingerprint density at radius 3 is 2.84 bits per heavy atom. The lowest BCUT2D eigenvalue weighted by Gasteiger charge is -2.31. The number of carbonyl (C=O) groups excluding carboxylic acids is 2. The maximum atomic E-state index is 12.0. The van der Waals surface area contributed by atoms with E-state index in [1.54, 1.807) is 11.0 Å². The second-order valence-corrected chi connectivity index (χ2v) is 5.78. The van der Waals surface area contributed by atoms with Gasteiger partial charge in [-0.25, -0.2) is 0 Å². The molecule has 0 saturated carbocycles. The number of amides is 2. The van der Waals surface area contributed by atoms with Gasteiger partial charge in [-0.1, -0.05) is 5.16 Å². The zero-order chi connectivity index (χ0) is 14.0. The second-order valence-electron chi connectivity index (χ2n) is 5.78. The molecule has 0 aromatic carbocycles. The van der Waals surface area contributed by atoms with E-state index in [0.717, 1.165) is 0 Å². The van der Waals surface area contributed by atoms with Crippen molar-refractivity contribution in [3.8, 4) is 0 Å². The molecule has 1 aromatic heterocycles. The van der Waals surface area contributed by atoms with Crippen LogP contribution in [-0.2, 0) is 16.1 Å². The molecule has 1 aromatic rings. The van der Waals surface area contributed by atoms with Gasteiger partial charge in [0.15, 0.2) is 0 Å².